The van der Waals surface area contributed by atoms with Crippen LogP contribution in [0, 0.1) is 5.92 Å². The van der Waals surface area contributed by atoms with Crippen molar-refractivity contribution in [2.45, 2.75) is 44.8 Å². The fraction of sp³-hybridized carbons (Fsp3) is 0.643. The molecule has 0 radical (unpaired) electrons. The van der Waals surface area contributed by atoms with Crippen LogP contribution in [0.2, 0.25) is 0 Å². The molecule has 1 aliphatic heterocycles. The Kier molecular flexibility index (Phi) is 3.23. The van der Waals surface area contributed by atoms with Gasteiger partial charge in [0.05, 0.1) is 6.20 Å². The van der Waals surface area contributed by atoms with Crippen molar-refractivity contribution in [3.05, 3.63) is 18.0 Å². The highest BCUT2D eigenvalue weighted by atomic mass is 16.2. The summed E-state index contributed by atoms with van der Waals surface area (Å²) in [6.45, 7) is 2.45. The van der Waals surface area contributed by atoms with Gasteiger partial charge in [0.15, 0.2) is 0 Å². The summed E-state index contributed by atoms with van der Waals surface area (Å²) in [4.78, 5) is 26.4. The number of carbonyl (C=O) groups is 2. The van der Waals surface area contributed by atoms with Gasteiger partial charge in [0.25, 0.3) is 0 Å². The maximum atomic E-state index is 12.7. The number of aromatic nitrogens is 2. The molecule has 0 bridgehead atoms. The second kappa shape index (κ2) is 4.92. The molecule has 1 aliphatic carbocycles. The van der Waals surface area contributed by atoms with E-state index in [9.17, 15) is 9.59 Å². The van der Waals surface area contributed by atoms with Gasteiger partial charge in [-0.1, -0.05) is 0 Å². The van der Waals surface area contributed by atoms with Crippen LogP contribution in [-0.2, 0) is 23.2 Å². The molecule has 3 rings (SSSR count). The summed E-state index contributed by atoms with van der Waals surface area (Å²) in [5.74, 6) is 0.360. The van der Waals surface area contributed by atoms with Crippen LogP contribution >= 0.6 is 0 Å². The smallest absolute Gasteiger partial charge is 0.245 e. The molecular weight excluding hydrogens is 256 g/mol. The number of hydrogen-bond donors (Lipinski definition) is 1. The van der Waals surface area contributed by atoms with E-state index in [0.717, 1.165) is 18.4 Å². The average molecular weight is 276 g/mol. The Morgan fingerprint density at radius 2 is 2.15 bits per heavy atom. The number of nitrogens with zero attached hydrogens (tertiary/aromatic N) is 3. The van der Waals surface area contributed by atoms with Crippen molar-refractivity contribution >= 4 is 11.8 Å². The maximum Gasteiger partial charge on any atom is 0.245 e. The lowest BCUT2D eigenvalue weighted by atomic mass is 10.1. The van der Waals surface area contributed by atoms with Gasteiger partial charge in [0, 0.05) is 37.8 Å². The van der Waals surface area contributed by atoms with Gasteiger partial charge in [-0.15, -0.1) is 0 Å². The minimum Gasteiger partial charge on any atom is -0.344 e. The standard InChI is InChI=1S/C14H20N4O2/c1-9-5-12(19)16-13(11-3-4-11)14(20)18(9)8-10-6-15-17(2)7-10/h6-7,9,11,13H,3-5,8H2,1-2H3,(H,16,19). The molecule has 1 saturated heterocycles. The third-order valence-electron chi connectivity index (χ3n) is 4.08. The Bertz CT molecular complexity index is 535. The van der Waals surface area contributed by atoms with Crippen LogP contribution in [0.5, 0.6) is 0 Å². The van der Waals surface area contributed by atoms with Gasteiger partial charge < -0.3 is 10.2 Å². The largest absolute Gasteiger partial charge is 0.344 e. The topological polar surface area (TPSA) is 67.2 Å². The van der Waals surface area contributed by atoms with Gasteiger partial charge in [-0.3, -0.25) is 14.3 Å². The number of amides is 2. The van der Waals surface area contributed by atoms with E-state index >= 15 is 0 Å². The first kappa shape index (κ1) is 13.1. The molecule has 2 aliphatic rings. The van der Waals surface area contributed by atoms with Crippen LogP contribution < -0.4 is 5.32 Å². The lowest BCUT2D eigenvalue weighted by Crippen LogP contribution is -2.47. The molecule has 0 aromatic carbocycles. The summed E-state index contributed by atoms with van der Waals surface area (Å²) in [5.41, 5.74) is 0.997. The summed E-state index contributed by atoms with van der Waals surface area (Å²) in [6.07, 6.45) is 6.12. The van der Waals surface area contributed by atoms with E-state index in [1.807, 2.05) is 25.1 Å². The highest BCUT2D eigenvalue weighted by Gasteiger charge is 2.42. The number of carbonyl (C=O) groups excluding carboxylic acids is 2. The van der Waals surface area contributed by atoms with Crippen LogP contribution in [0.4, 0.5) is 0 Å². The maximum absolute atomic E-state index is 12.7. The lowest BCUT2D eigenvalue weighted by Gasteiger charge is -2.28. The van der Waals surface area contributed by atoms with Crippen molar-refractivity contribution in [2.24, 2.45) is 13.0 Å². The Morgan fingerprint density at radius 1 is 1.40 bits per heavy atom. The molecule has 0 spiro atoms. The highest BCUT2D eigenvalue weighted by molar-refractivity contribution is 5.91. The molecule has 2 atom stereocenters. The summed E-state index contributed by atoms with van der Waals surface area (Å²) in [7, 11) is 1.86. The molecule has 2 fully saturated rings. The van der Waals surface area contributed by atoms with Crippen molar-refractivity contribution in [1.29, 1.82) is 0 Å². The van der Waals surface area contributed by atoms with Crippen LogP contribution in [0.3, 0.4) is 0 Å². The van der Waals surface area contributed by atoms with E-state index in [2.05, 4.69) is 10.4 Å². The monoisotopic (exact) mass is 276 g/mol. The zero-order valence-electron chi connectivity index (χ0n) is 11.9. The number of rotatable bonds is 3. The SMILES string of the molecule is CC1CC(=O)NC(C2CC2)C(=O)N1Cc1cnn(C)c1. The van der Waals surface area contributed by atoms with Gasteiger partial charge in [0.1, 0.15) is 6.04 Å². The van der Waals surface area contributed by atoms with Crippen molar-refractivity contribution < 1.29 is 9.59 Å². The lowest BCUT2D eigenvalue weighted by molar-refractivity contribution is -0.136. The van der Waals surface area contributed by atoms with Gasteiger partial charge in [-0.2, -0.15) is 5.10 Å². The second-order valence-electron chi connectivity index (χ2n) is 5.92. The van der Waals surface area contributed by atoms with Crippen molar-refractivity contribution in [1.82, 2.24) is 20.0 Å². The molecule has 6 nitrogen and oxygen atoms in total. The minimum absolute atomic E-state index is 0.0172. The minimum atomic E-state index is -0.330. The second-order valence-corrected chi connectivity index (χ2v) is 5.92. The first-order chi connectivity index (χ1) is 9.54. The van der Waals surface area contributed by atoms with E-state index in [1.54, 1.807) is 10.9 Å². The number of nitrogens with one attached hydrogen (secondary N) is 1. The fourth-order valence-electron chi connectivity index (χ4n) is 2.80. The van der Waals surface area contributed by atoms with E-state index in [4.69, 9.17) is 0 Å². The predicted molar refractivity (Wildman–Crippen MR) is 72.5 cm³/mol. The molecule has 1 aromatic heterocycles. The normalized spacial score (nSPS) is 27.4. The van der Waals surface area contributed by atoms with Crippen LogP contribution in [0.15, 0.2) is 12.4 Å². The van der Waals surface area contributed by atoms with Gasteiger partial charge in [-0.25, -0.2) is 0 Å². The quantitative estimate of drug-likeness (QED) is 0.871. The Morgan fingerprint density at radius 3 is 2.75 bits per heavy atom. The third-order valence-corrected chi connectivity index (χ3v) is 4.08. The number of aryl methyl sites for hydroxylation is 1. The first-order valence-electron chi connectivity index (χ1n) is 7.12. The third kappa shape index (κ3) is 2.55. The Labute approximate surface area is 118 Å². The highest BCUT2D eigenvalue weighted by Crippen LogP contribution is 2.35. The molecule has 1 N–H and O–H groups in total. The van der Waals surface area contributed by atoms with Gasteiger partial charge in [-0.05, 0) is 25.7 Å². The Hall–Kier alpha value is -1.85. The molecule has 1 saturated carbocycles. The first-order valence-corrected chi connectivity index (χ1v) is 7.12. The van der Waals surface area contributed by atoms with E-state index in [0.29, 0.717) is 18.9 Å². The molecule has 6 heteroatoms. The fourth-order valence-corrected chi connectivity index (χ4v) is 2.80. The summed E-state index contributed by atoms with van der Waals surface area (Å²) >= 11 is 0. The van der Waals surface area contributed by atoms with E-state index < -0.39 is 0 Å². The average Bonchev–Trinajstić information content (AvgIpc) is 3.15. The van der Waals surface area contributed by atoms with E-state index in [1.165, 1.54) is 0 Å². The molecule has 1 aromatic rings. The van der Waals surface area contributed by atoms with Crippen molar-refractivity contribution in [2.75, 3.05) is 0 Å². The predicted octanol–water partition coefficient (Wildman–Crippen LogP) is 0.436. The van der Waals surface area contributed by atoms with Crippen molar-refractivity contribution in [3.8, 4) is 0 Å². The van der Waals surface area contributed by atoms with Crippen LogP contribution in [0.1, 0.15) is 31.7 Å². The van der Waals surface area contributed by atoms with Crippen LogP contribution in [-0.4, -0.2) is 38.6 Å². The Balaban J connectivity index is 1.81. The van der Waals surface area contributed by atoms with Crippen LogP contribution in [0.25, 0.3) is 0 Å². The zero-order valence-corrected chi connectivity index (χ0v) is 11.9. The molecular formula is C14H20N4O2. The summed E-state index contributed by atoms with van der Waals surface area (Å²) in [5, 5.41) is 7.02. The van der Waals surface area contributed by atoms with Gasteiger partial charge in [0.2, 0.25) is 11.8 Å². The van der Waals surface area contributed by atoms with Gasteiger partial charge >= 0.3 is 0 Å². The molecule has 108 valence electrons. The molecule has 20 heavy (non-hydrogen) atoms. The summed E-state index contributed by atoms with van der Waals surface area (Å²) in [6, 6.07) is -0.407. The summed E-state index contributed by atoms with van der Waals surface area (Å²) < 4.78 is 1.73. The van der Waals surface area contributed by atoms with E-state index in [-0.39, 0.29) is 23.9 Å². The molecule has 2 amide bonds. The van der Waals surface area contributed by atoms with Crippen molar-refractivity contribution in [3.63, 3.8) is 0 Å². The number of hydrogen-bond acceptors (Lipinski definition) is 3. The zero-order chi connectivity index (χ0) is 14.3. The molecule has 2 unspecified atom stereocenters. The molecule has 2 heterocycles.